The molecule has 0 fully saturated rings. The summed E-state index contributed by atoms with van der Waals surface area (Å²) in [6.07, 6.45) is 3.01. The first-order valence-electron chi connectivity index (χ1n) is 5.03. The molecule has 0 unspecified atom stereocenters. The number of aryl methyl sites for hydroxylation is 2. The van der Waals surface area contributed by atoms with E-state index in [1.54, 1.807) is 4.57 Å². The van der Waals surface area contributed by atoms with Crippen LogP contribution in [0.3, 0.4) is 0 Å². The number of carboxylic acids is 1. The predicted octanol–water partition coefficient (Wildman–Crippen LogP) is 2.95. The van der Waals surface area contributed by atoms with Crippen LogP contribution in [0.1, 0.15) is 21.6 Å². The van der Waals surface area contributed by atoms with Crippen LogP contribution in [0.4, 0.5) is 0 Å². The zero-order chi connectivity index (χ0) is 12.6. The highest BCUT2D eigenvalue weighted by Crippen LogP contribution is 2.26. The van der Waals surface area contributed by atoms with Gasteiger partial charge in [0, 0.05) is 10.7 Å². The molecule has 17 heavy (non-hydrogen) atoms. The highest BCUT2D eigenvalue weighted by Gasteiger charge is 2.11. The molecule has 0 aliphatic carbocycles. The Bertz CT molecular complexity index is 567. The monoisotopic (exact) mass is 294 g/mol. The van der Waals surface area contributed by atoms with Gasteiger partial charge >= 0.3 is 5.97 Å². The summed E-state index contributed by atoms with van der Waals surface area (Å²) in [4.78, 5) is 14.6. The van der Waals surface area contributed by atoms with Gasteiger partial charge in [0.2, 0.25) is 0 Å². The number of hydrogen-bond donors (Lipinski definition) is 1. The number of benzene rings is 1. The summed E-state index contributed by atoms with van der Waals surface area (Å²) >= 11 is 3.48. The fourth-order valence-electron chi connectivity index (χ4n) is 1.79. The minimum Gasteiger partial charge on any atom is -0.476 e. The molecular weight excluding hydrogens is 284 g/mol. The normalized spacial score (nSPS) is 10.5. The summed E-state index contributed by atoms with van der Waals surface area (Å²) in [5.41, 5.74) is 3.16. The SMILES string of the molecule is Cc1cc(C)c(-n2cnc(C(=O)O)c2)c(Br)c1. The smallest absolute Gasteiger partial charge is 0.356 e. The van der Waals surface area contributed by atoms with Crippen molar-refractivity contribution in [1.29, 1.82) is 0 Å². The summed E-state index contributed by atoms with van der Waals surface area (Å²) in [7, 11) is 0. The van der Waals surface area contributed by atoms with E-state index in [4.69, 9.17) is 5.11 Å². The van der Waals surface area contributed by atoms with Crippen LogP contribution in [0.15, 0.2) is 29.1 Å². The average Bonchev–Trinajstić information content (AvgIpc) is 2.65. The standard InChI is InChI=1S/C12H11BrN2O2/c1-7-3-8(2)11(9(13)4-7)15-5-10(12(16)17)14-6-15/h3-6H,1-2H3,(H,16,17). The molecule has 0 amide bonds. The minimum absolute atomic E-state index is 0.0388. The summed E-state index contributed by atoms with van der Waals surface area (Å²) in [5, 5.41) is 8.84. The van der Waals surface area contributed by atoms with Gasteiger partial charge < -0.3 is 9.67 Å². The quantitative estimate of drug-likeness (QED) is 0.926. The second-order valence-electron chi connectivity index (χ2n) is 3.88. The van der Waals surface area contributed by atoms with Crippen molar-refractivity contribution < 1.29 is 9.90 Å². The van der Waals surface area contributed by atoms with E-state index in [0.717, 1.165) is 21.3 Å². The number of carboxylic acid groups (broad SMARTS) is 1. The molecule has 88 valence electrons. The molecule has 4 nitrogen and oxygen atoms in total. The van der Waals surface area contributed by atoms with E-state index >= 15 is 0 Å². The second-order valence-corrected chi connectivity index (χ2v) is 4.74. The molecule has 0 atom stereocenters. The predicted molar refractivity (Wildman–Crippen MR) is 67.7 cm³/mol. The highest BCUT2D eigenvalue weighted by molar-refractivity contribution is 9.10. The largest absolute Gasteiger partial charge is 0.476 e. The fraction of sp³-hybridized carbons (Fsp3) is 0.167. The van der Waals surface area contributed by atoms with Crippen molar-refractivity contribution >= 4 is 21.9 Å². The van der Waals surface area contributed by atoms with Crippen molar-refractivity contribution in [3.8, 4) is 5.69 Å². The van der Waals surface area contributed by atoms with Crippen molar-refractivity contribution in [2.24, 2.45) is 0 Å². The molecule has 5 heteroatoms. The van der Waals surface area contributed by atoms with Crippen molar-refractivity contribution in [2.45, 2.75) is 13.8 Å². The zero-order valence-electron chi connectivity index (χ0n) is 9.44. The van der Waals surface area contributed by atoms with E-state index in [9.17, 15) is 4.79 Å². The topological polar surface area (TPSA) is 55.1 Å². The third-order valence-electron chi connectivity index (χ3n) is 2.46. The second kappa shape index (κ2) is 4.33. The van der Waals surface area contributed by atoms with E-state index in [2.05, 4.69) is 20.9 Å². The van der Waals surface area contributed by atoms with Gasteiger partial charge in [-0.05, 0) is 47.0 Å². The number of aromatic carboxylic acids is 1. The van der Waals surface area contributed by atoms with Crippen molar-refractivity contribution in [1.82, 2.24) is 9.55 Å². The fourth-order valence-corrected chi connectivity index (χ4v) is 2.67. The molecule has 0 aliphatic heterocycles. The summed E-state index contributed by atoms with van der Waals surface area (Å²) in [6.45, 7) is 3.99. The Hall–Kier alpha value is -1.62. The molecule has 1 aromatic heterocycles. The summed E-state index contributed by atoms with van der Waals surface area (Å²) in [6, 6.07) is 4.03. The Labute approximate surface area is 107 Å². The van der Waals surface area contributed by atoms with E-state index in [1.165, 1.54) is 12.5 Å². The maximum absolute atomic E-state index is 10.8. The van der Waals surface area contributed by atoms with E-state index in [-0.39, 0.29) is 5.69 Å². The lowest BCUT2D eigenvalue weighted by Crippen LogP contribution is -1.98. The lowest BCUT2D eigenvalue weighted by Gasteiger charge is -2.10. The van der Waals surface area contributed by atoms with Gasteiger partial charge in [-0.2, -0.15) is 0 Å². The van der Waals surface area contributed by atoms with Gasteiger partial charge in [-0.1, -0.05) is 6.07 Å². The average molecular weight is 295 g/mol. The van der Waals surface area contributed by atoms with Crippen molar-refractivity contribution in [3.63, 3.8) is 0 Å². The van der Waals surface area contributed by atoms with Crippen LogP contribution in [-0.4, -0.2) is 20.6 Å². The maximum atomic E-state index is 10.8. The molecule has 2 rings (SSSR count). The Morgan fingerprint density at radius 3 is 2.65 bits per heavy atom. The highest BCUT2D eigenvalue weighted by atomic mass is 79.9. The van der Waals surface area contributed by atoms with Crippen LogP contribution in [0, 0.1) is 13.8 Å². The molecule has 0 aliphatic rings. The summed E-state index contributed by atoms with van der Waals surface area (Å²) in [5.74, 6) is -1.02. The number of halogens is 1. The Morgan fingerprint density at radius 1 is 1.41 bits per heavy atom. The van der Waals surface area contributed by atoms with Crippen LogP contribution in [0.5, 0.6) is 0 Å². The first kappa shape index (κ1) is 11.9. The number of nitrogens with zero attached hydrogens (tertiary/aromatic N) is 2. The van der Waals surface area contributed by atoms with Crippen LogP contribution >= 0.6 is 15.9 Å². The number of aromatic nitrogens is 2. The number of hydrogen-bond acceptors (Lipinski definition) is 2. The molecule has 0 saturated carbocycles. The minimum atomic E-state index is -1.02. The van der Waals surface area contributed by atoms with E-state index < -0.39 is 5.97 Å². The third-order valence-corrected chi connectivity index (χ3v) is 3.06. The lowest BCUT2D eigenvalue weighted by molar-refractivity contribution is 0.0691. The van der Waals surface area contributed by atoms with Gasteiger partial charge in [0.05, 0.1) is 5.69 Å². The van der Waals surface area contributed by atoms with Crippen LogP contribution in [-0.2, 0) is 0 Å². The van der Waals surface area contributed by atoms with E-state index in [0.29, 0.717) is 0 Å². The lowest BCUT2D eigenvalue weighted by atomic mass is 10.1. The van der Waals surface area contributed by atoms with Gasteiger partial charge in [-0.15, -0.1) is 0 Å². The van der Waals surface area contributed by atoms with Gasteiger partial charge in [0.25, 0.3) is 0 Å². The number of imidazole rings is 1. The van der Waals surface area contributed by atoms with Gasteiger partial charge in [-0.25, -0.2) is 9.78 Å². The van der Waals surface area contributed by atoms with Gasteiger partial charge in [0.1, 0.15) is 6.33 Å². The Kier molecular flexibility index (Phi) is 3.02. The van der Waals surface area contributed by atoms with Crippen LogP contribution in [0.25, 0.3) is 5.69 Å². The molecule has 0 spiro atoms. The molecule has 0 radical (unpaired) electrons. The number of carbonyl (C=O) groups is 1. The molecule has 0 bridgehead atoms. The maximum Gasteiger partial charge on any atom is 0.356 e. The van der Waals surface area contributed by atoms with E-state index in [1.807, 2.05) is 26.0 Å². The number of rotatable bonds is 2. The Balaban J connectivity index is 2.56. The van der Waals surface area contributed by atoms with Crippen molar-refractivity contribution in [2.75, 3.05) is 0 Å². The van der Waals surface area contributed by atoms with Gasteiger partial charge in [0.15, 0.2) is 5.69 Å². The molecule has 2 aromatic rings. The third kappa shape index (κ3) is 2.24. The first-order chi connectivity index (χ1) is 7.99. The molecule has 0 saturated heterocycles. The first-order valence-corrected chi connectivity index (χ1v) is 5.82. The van der Waals surface area contributed by atoms with Crippen LogP contribution in [0.2, 0.25) is 0 Å². The molecular formula is C12H11BrN2O2. The Morgan fingerprint density at radius 2 is 2.12 bits per heavy atom. The summed E-state index contributed by atoms with van der Waals surface area (Å²) < 4.78 is 2.63. The van der Waals surface area contributed by atoms with Gasteiger partial charge in [-0.3, -0.25) is 0 Å². The molecule has 1 N–H and O–H groups in total. The molecule has 1 aromatic carbocycles. The zero-order valence-corrected chi connectivity index (χ0v) is 11.0. The van der Waals surface area contributed by atoms with Crippen LogP contribution < -0.4 is 0 Å². The molecule has 1 heterocycles. The van der Waals surface area contributed by atoms with Crippen molar-refractivity contribution in [3.05, 3.63) is 46.0 Å².